The van der Waals surface area contributed by atoms with Crippen molar-refractivity contribution in [3.05, 3.63) is 0 Å². The van der Waals surface area contributed by atoms with Gasteiger partial charge in [0.15, 0.2) is 0 Å². The van der Waals surface area contributed by atoms with E-state index >= 15 is 0 Å². The predicted molar refractivity (Wildman–Crippen MR) is 73.1 cm³/mol. The third kappa shape index (κ3) is 4.94. The van der Waals surface area contributed by atoms with Crippen LogP contribution in [0.25, 0.3) is 0 Å². The minimum Gasteiger partial charge on any atom is -0.384 e. The summed E-state index contributed by atoms with van der Waals surface area (Å²) in [6, 6.07) is 1.28. The molecule has 0 aromatic heterocycles. The van der Waals surface area contributed by atoms with Gasteiger partial charge in [-0.2, -0.15) is 0 Å². The third-order valence-electron chi connectivity index (χ3n) is 3.73. The molecule has 1 rings (SSSR count). The number of hydrogen-bond acceptors (Lipinski definition) is 3. The zero-order chi connectivity index (χ0) is 12.8. The molecule has 2 atom stereocenters. The molecule has 0 amide bonds. The lowest BCUT2D eigenvalue weighted by atomic mass is 9.99. The van der Waals surface area contributed by atoms with E-state index in [9.17, 15) is 0 Å². The molecule has 0 radical (unpaired) electrons. The van der Waals surface area contributed by atoms with Crippen LogP contribution in [0.15, 0.2) is 0 Å². The molecule has 3 nitrogen and oxygen atoms in total. The standard InChI is InChI=1S/C14H30N2O/c1-11(2)7-8-16(13-5-6-13)14(9-15)12(3)10-17-4/h11-14H,5-10,15H2,1-4H3. The van der Waals surface area contributed by atoms with Crippen LogP contribution in [0.4, 0.5) is 0 Å². The second-order valence-electron chi connectivity index (χ2n) is 5.89. The lowest BCUT2D eigenvalue weighted by Crippen LogP contribution is -2.47. The van der Waals surface area contributed by atoms with Crippen molar-refractivity contribution in [2.75, 3.05) is 26.8 Å². The molecule has 0 aromatic rings. The fourth-order valence-electron chi connectivity index (χ4n) is 2.50. The van der Waals surface area contributed by atoms with Gasteiger partial charge in [0.2, 0.25) is 0 Å². The second-order valence-corrected chi connectivity index (χ2v) is 5.89. The number of nitrogens with two attached hydrogens (primary N) is 1. The van der Waals surface area contributed by atoms with Gasteiger partial charge in [0.25, 0.3) is 0 Å². The molecule has 1 aliphatic carbocycles. The molecule has 3 heteroatoms. The Balaban J connectivity index is 2.52. The van der Waals surface area contributed by atoms with Gasteiger partial charge in [-0.15, -0.1) is 0 Å². The van der Waals surface area contributed by atoms with Gasteiger partial charge in [0.05, 0.1) is 6.61 Å². The topological polar surface area (TPSA) is 38.5 Å². The summed E-state index contributed by atoms with van der Waals surface area (Å²) < 4.78 is 5.28. The summed E-state index contributed by atoms with van der Waals surface area (Å²) in [5.74, 6) is 1.30. The van der Waals surface area contributed by atoms with Crippen LogP contribution in [0.1, 0.15) is 40.0 Å². The van der Waals surface area contributed by atoms with Gasteiger partial charge in [-0.3, -0.25) is 4.90 Å². The van der Waals surface area contributed by atoms with E-state index in [1.54, 1.807) is 7.11 Å². The van der Waals surface area contributed by atoms with Crippen molar-refractivity contribution in [2.45, 2.75) is 52.1 Å². The molecule has 0 aliphatic heterocycles. The van der Waals surface area contributed by atoms with Crippen molar-refractivity contribution in [3.63, 3.8) is 0 Å². The molecule has 102 valence electrons. The third-order valence-corrected chi connectivity index (χ3v) is 3.73. The van der Waals surface area contributed by atoms with Crippen LogP contribution >= 0.6 is 0 Å². The molecule has 1 saturated carbocycles. The molecule has 0 spiro atoms. The number of rotatable bonds is 9. The summed E-state index contributed by atoms with van der Waals surface area (Å²) in [5, 5.41) is 0. The van der Waals surface area contributed by atoms with E-state index in [1.807, 2.05) is 0 Å². The highest BCUT2D eigenvalue weighted by atomic mass is 16.5. The molecule has 0 saturated heterocycles. The normalized spacial score (nSPS) is 19.9. The number of ether oxygens (including phenoxy) is 1. The average molecular weight is 242 g/mol. The Morgan fingerprint density at radius 3 is 2.35 bits per heavy atom. The van der Waals surface area contributed by atoms with E-state index in [2.05, 4.69) is 25.7 Å². The number of nitrogens with zero attached hydrogens (tertiary/aromatic N) is 1. The predicted octanol–water partition coefficient (Wildman–Crippen LogP) is 2.11. The van der Waals surface area contributed by atoms with Crippen molar-refractivity contribution in [1.29, 1.82) is 0 Å². The minimum atomic E-state index is 0.487. The van der Waals surface area contributed by atoms with Gasteiger partial charge >= 0.3 is 0 Å². The maximum Gasteiger partial charge on any atom is 0.0503 e. The fraction of sp³-hybridized carbons (Fsp3) is 1.00. The summed E-state index contributed by atoms with van der Waals surface area (Å²) in [5.41, 5.74) is 5.98. The summed E-state index contributed by atoms with van der Waals surface area (Å²) >= 11 is 0. The van der Waals surface area contributed by atoms with Crippen molar-refractivity contribution in [1.82, 2.24) is 4.90 Å². The summed E-state index contributed by atoms with van der Waals surface area (Å²) in [7, 11) is 1.78. The first-order valence-corrected chi connectivity index (χ1v) is 7.04. The van der Waals surface area contributed by atoms with Crippen LogP contribution in [0.2, 0.25) is 0 Å². The van der Waals surface area contributed by atoms with Gasteiger partial charge in [-0.25, -0.2) is 0 Å². The molecule has 0 heterocycles. The van der Waals surface area contributed by atoms with Crippen LogP contribution in [0.5, 0.6) is 0 Å². The number of hydrogen-bond donors (Lipinski definition) is 1. The first-order chi connectivity index (χ1) is 8.10. The Labute approximate surface area is 107 Å². The maximum atomic E-state index is 5.98. The van der Waals surface area contributed by atoms with Gasteiger partial charge < -0.3 is 10.5 Å². The van der Waals surface area contributed by atoms with Crippen LogP contribution < -0.4 is 5.73 Å². The van der Waals surface area contributed by atoms with E-state index in [0.717, 1.165) is 25.1 Å². The van der Waals surface area contributed by atoms with E-state index in [0.29, 0.717) is 12.0 Å². The zero-order valence-corrected chi connectivity index (χ0v) is 12.0. The van der Waals surface area contributed by atoms with E-state index < -0.39 is 0 Å². The maximum absolute atomic E-state index is 5.98. The van der Waals surface area contributed by atoms with Crippen LogP contribution in [-0.4, -0.2) is 43.8 Å². The monoisotopic (exact) mass is 242 g/mol. The number of methoxy groups -OCH3 is 1. The van der Waals surface area contributed by atoms with Crippen molar-refractivity contribution in [3.8, 4) is 0 Å². The molecule has 1 fully saturated rings. The van der Waals surface area contributed by atoms with Crippen LogP contribution in [-0.2, 0) is 4.74 Å². The summed E-state index contributed by atoms with van der Waals surface area (Å²) in [4.78, 5) is 2.64. The smallest absolute Gasteiger partial charge is 0.0503 e. The SMILES string of the molecule is COCC(C)C(CN)N(CCC(C)C)C1CC1. The van der Waals surface area contributed by atoms with Gasteiger partial charge in [-0.1, -0.05) is 20.8 Å². The lowest BCUT2D eigenvalue weighted by molar-refractivity contribution is 0.0774. The highest BCUT2D eigenvalue weighted by Crippen LogP contribution is 2.31. The first kappa shape index (κ1) is 14.9. The largest absolute Gasteiger partial charge is 0.384 e. The summed E-state index contributed by atoms with van der Waals surface area (Å²) in [6.45, 7) is 9.60. The minimum absolute atomic E-state index is 0.487. The molecule has 0 aromatic carbocycles. The molecule has 17 heavy (non-hydrogen) atoms. The Hall–Kier alpha value is -0.120. The molecular weight excluding hydrogens is 212 g/mol. The van der Waals surface area contributed by atoms with Gasteiger partial charge in [-0.05, 0) is 37.6 Å². The average Bonchev–Trinajstić information content (AvgIpc) is 3.07. The molecule has 1 aliphatic rings. The van der Waals surface area contributed by atoms with Crippen LogP contribution in [0.3, 0.4) is 0 Å². The van der Waals surface area contributed by atoms with Gasteiger partial charge in [0, 0.05) is 25.7 Å². The molecule has 2 N–H and O–H groups in total. The Morgan fingerprint density at radius 1 is 1.29 bits per heavy atom. The quantitative estimate of drug-likeness (QED) is 0.673. The van der Waals surface area contributed by atoms with Crippen molar-refractivity contribution in [2.24, 2.45) is 17.6 Å². The highest BCUT2D eigenvalue weighted by molar-refractivity contribution is 4.91. The van der Waals surface area contributed by atoms with E-state index in [4.69, 9.17) is 10.5 Å². The first-order valence-electron chi connectivity index (χ1n) is 7.04. The zero-order valence-electron chi connectivity index (χ0n) is 12.0. The van der Waals surface area contributed by atoms with Crippen molar-refractivity contribution < 1.29 is 4.74 Å². The fourth-order valence-corrected chi connectivity index (χ4v) is 2.50. The molecule has 0 bridgehead atoms. The van der Waals surface area contributed by atoms with E-state index in [-0.39, 0.29) is 0 Å². The molecular formula is C14H30N2O. The Morgan fingerprint density at radius 2 is 1.94 bits per heavy atom. The second kappa shape index (κ2) is 7.34. The molecule has 2 unspecified atom stereocenters. The van der Waals surface area contributed by atoms with Gasteiger partial charge in [0.1, 0.15) is 0 Å². The Bertz CT molecular complexity index is 204. The Kier molecular flexibility index (Phi) is 6.45. The lowest BCUT2D eigenvalue weighted by Gasteiger charge is -2.35. The highest BCUT2D eigenvalue weighted by Gasteiger charge is 2.35. The summed E-state index contributed by atoms with van der Waals surface area (Å²) in [6.07, 6.45) is 3.98. The van der Waals surface area contributed by atoms with Crippen LogP contribution in [0, 0.1) is 11.8 Å². The van der Waals surface area contributed by atoms with E-state index in [1.165, 1.54) is 25.8 Å². The van der Waals surface area contributed by atoms with Crippen molar-refractivity contribution >= 4 is 0 Å².